The maximum absolute atomic E-state index is 12.0. The van der Waals surface area contributed by atoms with Crippen molar-refractivity contribution >= 4 is 10.1 Å². The Morgan fingerprint density at radius 1 is 1.17 bits per heavy atom. The molecule has 0 unspecified atom stereocenters. The van der Waals surface area contributed by atoms with Crippen LogP contribution < -0.4 is 0 Å². The summed E-state index contributed by atoms with van der Waals surface area (Å²) in [5.74, 6) is 0. The molecule has 18 heavy (non-hydrogen) atoms. The van der Waals surface area contributed by atoms with Crippen LogP contribution in [-0.2, 0) is 14.3 Å². The maximum Gasteiger partial charge on any atom is 0.296 e. The van der Waals surface area contributed by atoms with Gasteiger partial charge in [-0.15, -0.1) is 0 Å². The zero-order chi connectivity index (χ0) is 13.8. The molecule has 0 saturated carbocycles. The zero-order valence-corrected chi connectivity index (χ0v) is 12.4. The summed E-state index contributed by atoms with van der Waals surface area (Å²) in [5.41, 5.74) is 0.909. The molecule has 0 aliphatic rings. The molecule has 1 aromatic carbocycles. The van der Waals surface area contributed by atoms with Crippen molar-refractivity contribution in [1.29, 1.82) is 0 Å². The summed E-state index contributed by atoms with van der Waals surface area (Å²) < 4.78 is 29.1. The van der Waals surface area contributed by atoms with Gasteiger partial charge in [0.15, 0.2) is 0 Å². The predicted molar refractivity (Wildman–Crippen MR) is 73.0 cm³/mol. The molecule has 0 atom stereocenters. The smallest absolute Gasteiger partial charge is 0.266 e. The number of benzene rings is 1. The van der Waals surface area contributed by atoms with E-state index in [1.807, 2.05) is 20.8 Å². The third kappa shape index (κ3) is 4.42. The molecule has 0 amide bonds. The lowest BCUT2D eigenvalue weighted by atomic mass is 9.89. The lowest BCUT2D eigenvalue weighted by Crippen LogP contribution is -2.22. The second-order valence-electron chi connectivity index (χ2n) is 5.44. The molecule has 0 aromatic heterocycles. The van der Waals surface area contributed by atoms with Crippen molar-refractivity contribution in [3.05, 3.63) is 29.8 Å². The largest absolute Gasteiger partial charge is 0.296 e. The SMILES string of the molecule is CCCC(C)(C)COS(=O)(=O)c1ccc(C)cc1. The highest BCUT2D eigenvalue weighted by Gasteiger charge is 2.22. The lowest BCUT2D eigenvalue weighted by Gasteiger charge is -2.23. The third-order valence-electron chi connectivity index (χ3n) is 2.84. The van der Waals surface area contributed by atoms with Gasteiger partial charge in [-0.05, 0) is 30.9 Å². The van der Waals surface area contributed by atoms with E-state index in [-0.39, 0.29) is 16.9 Å². The molecule has 0 radical (unpaired) electrons. The minimum atomic E-state index is -3.63. The molecule has 0 bridgehead atoms. The van der Waals surface area contributed by atoms with E-state index in [9.17, 15) is 8.42 Å². The highest BCUT2D eigenvalue weighted by Crippen LogP contribution is 2.24. The number of aryl methyl sites for hydroxylation is 1. The van der Waals surface area contributed by atoms with Gasteiger partial charge in [-0.3, -0.25) is 4.18 Å². The van der Waals surface area contributed by atoms with Crippen LogP contribution in [0.3, 0.4) is 0 Å². The van der Waals surface area contributed by atoms with Crippen LogP contribution in [0.5, 0.6) is 0 Å². The van der Waals surface area contributed by atoms with E-state index < -0.39 is 10.1 Å². The standard InChI is InChI=1S/C14H22O3S/c1-5-10-14(3,4)11-17-18(15,16)13-8-6-12(2)7-9-13/h6-9H,5,10-11H2,1-4H3. The molecule has 102 valence electrons. The summed E-state index contributed by atoms with van der Waals surface area (Å²) in [7, 11) is -3.63. The summed E-state index contributed by atoms with van der Waals surface area (Å²) >= 11 is 0. The first kappa shape index (κ1) is 15.2. The van der Waals surface area contributed by atoms with Crippen LogP contribution in [0.25, 0.3) is 0 Å². The van der Waals surface area contributed by atoms with Crippen molar-refractivity contribution < 1.29 is 12.6 Å². The van der Waals surface area contributed by atoms with Gasteiger partial charge in [0.05, 0.1) is 11.5 Å². The van der Waals surface area contributed by atoms with Crippen molar-refractivity contribution in [2.24, 2.45) is 5.41 Å². The fourth-order valence-electron chi connectivity index (χ4n) is 1.76. The summed E-state index contributed by atoms with van der Waals surface area (Å²) in [5, 5.41) is 0. The molecule has 1 aromatic rings. The number of hydrogen-bond donors (Lipinski definition) is 0. The van der Waals surface area contributed by atoms with E-state index in [2.05, 4.69) is 6.92 Å². The molecule has 0 N–H and O–H groups in total. The minimum absolute atomic E-state index is 0.119. The zero-order valence-electron chi connectivity index (χ0n) is 11.6. The normalized spacial score (nSPS) is 12.7. The Morgan fingerprint density at radius 2 is 1.72 bits per heavy atom. The van der Waals surface area contributed by atoms with E-state index in [0.29, 0.717) is 0 Å². The van der Waals surface area contributed by atoms with Gasteiger partial charge in [-0.2, -0.15) is 8.42 Å². The third-order valence-corrected chi connectivity index (χ3v) is 4.12. The van der Waals surface area contributed by atoms with Gasteiger partial charge in [-0.25, -0.2) is 0 Å². The molecule has 1 rings (SSSR count). The fraction of sp³-hybridized carbons (Fsp3) is 0.571. The highest BCUT2D eigenvalue weighted by molar-refractivity contribution is 7.86. The van der Waals surface area contributed by atoms with Gasteiger partial charge < -0.3 is 0 Å². The van der Waals surface area contributed by atoms with E-state index in [0.717, 1.165) is 18.4 Å². The van der Waals surface area contributed by atoms with E-state index in [1.165, 1.54) is 0 Å². The Hall–Kier alpha value is -0.870. The van der Waals surface area contributed by atoms with Crippen molar-refractivity contribution in [3.8, 4) is 0 Å². The summed E-state index contributed by atoms with van der Waals surface area (Å²) in [4.78, 5) is 0.223. The molecular weight excluding hydrogens is 248 g/mol. The summed E-state index contributed by atoms with van der Waals surface area (Å²) in [6.45, 7) is 8.25. The lowest BCUT2D eigenvalue weighted by molar-refractivity contribution is 0.174. The molecule has 0 aliphatic heterocycles. The van der Waals surface area contributed by atoms with Crippen LogP contribution in [0.1, 0.15) is 39.2 Å². The van der Waals surface area contributed by atoms with Gasteiger partial charge in [0, 0.05) is 0 Å². The second kappa shape index (κ2) is 5.85. The van der Waals surface area contributed by atoms with Gasteiger partial charge in [0.25, 0.3) is 10.1 Å². The van der Waals surface area contributed by atoms with Crippen LogP contribution >= 0.6 is 0 Å². The summed E-state index contributed by atoms with van der Waals surface area (Å²) in [6, 6.07) is 6.70. The van der Waals surface area contributed by atoms with Crippen LogP contribution in [-0.4, -0.2) is 15.0 Å². The monoisotopic (exact) mass is 270 g/mol. The van der Waals surface area contributed by atoms with Crippen molar-refractivity contribution in [2.45, 2.75) is 45.4 Å². The first-order chi connectivity index (χ1) is 8.27. The second-order valence-corrected chi connectivity index (χ2v) is 7.06. The molecule has 3 nitrogen and oxygen atoms in total. The Bertz CT molecular complexity index is 472. The number of hydrogen-bond acceptors (Lipinski definition) is 3. The average Bonchev–Trinajstić information content (AvgIpc) is 2.27. The molecule has 0 aliphatic carbocycles. The molecule has 0 fully saturated rings. The van der Waals surface area contributed by atoms with Crippen LogP contribution in [0.4, 0.5) is 0 Å². The Kier molecular flexibility index (Phi) is 4.93. The van der Waals surface area contributed by atoms with E-state index in [1.54, 1.807) is 24.3 Å². The number of rotatable bonds is 6. The van der Waals surface area contributed by atoms with Gasteiger partial charge >= 0.3 is 0 Å². The Labute approximate surface area is 110 Å². The quantitative estimate of drug-likeness (QED) is 0.743. The van der Waals surface area contributed by atoms with Gasteiger partial charge in [0.1, 0.15) is 0 Å². The molecule has 0 saturated heterocycles. The van der Waals surface area contributed by atoms with Crippen molar-refractivity contribution in [3.63, 3.8) is 0 Å². The van der Waals surface area contributed by atoms with Crippen molar-refractivity contribution in [2.75, 3.05) is 6.61 Å². The molecule has 4 heteroatoms. The van der Waals surface area contributed by atoms with Crippen LogP contribution in [0, 0.1) is 12.3 Å². The van der Waals surface area contributed by atoms with Crippen LogP contribution in [0.2, 0.25) is 0 Å². The minimum Gasteiger partial charge on any atom is -0.266 e. The molecular formula is C14H22O3S. The predicted octanol–water partition coefficient (Wildman–Crippen LogP) is 3.53. The van der Waals surface area contributed by atoms with Crippen molar-refractivity contribution in [1.82, 2.24) is 0 Å². The fourth-order valence-corrected chi connectivity index (χ4v) is 2.84. The Balaban J connectivity index is 2.74. The van der Waals surface area contributed by atoms with Crippen LogP contribution in [0.15, 0.2) is 29.2 Å². The Morgan fingerprint density at radius 3 is 2.22 bits per heavy atom. The van der Waals surface area contributed by atoms with Gasteiger partial charge in [0.2, 0.25) is 0 Å². The summed E-state index contributed by atoms with van der Waals surface area (Å²) in [6.07, 6.45) is 1.96. The van der Waals surface area contributed by atoms with E-state index >= 15 is 0 Å². The topological polar surface area (TPSA) is 43.4 Å². The van der Waals surface area contributed by atoms with Gasteiger partial charge in [-0.1, -0.05) is 44.9 Å². The van der Waals surface area contributed by atoms with E-state index in [4.69, 9.17) is 4.18 Å². The molecule has 0 heterocycles. The average molecular weight is 270 g/mol. The first-order valence-corrected chi connectivity index (χ1v) is 7.64. The molecule has 0 spiro atoms. The highest BCUT2D eigenvalue weighted by atomic mass is 32.2. The maximum atomic E-state index is 12.0. The first-order valence-electron chi connectivity index (χ1n) is 6.23.